The van der Waals surface area contributed by atoms with E-state index < -0.39 is 47.9 Å². The van der Waals surface area contributed by atoms with Gasteiger partial charge in [-0.25, -0.2) is 0 Å². The van der Waals surface area contributed by atoms with Gasteiger partial charge in [-0.15, -0.1) is 0 Å². The molecule has 0 aliphatic carbocycles. The van der Waals surface area contributed by atoms with Crippen LogP contribution in [0.15, 0.2) is 0 Å². The van der Waals surface area contributed by atoms with Crippen molar-refractivity contribution < 1.29 is 30.0 Å². The molecular weight excluding hydrogens is 272 g/mol. The van der Waals surface area contributed by atoms with Crippen molar-refractivity contribution >= 4 is 23.6 Å². The second-order valence-corrected chi connectivity index (χ2v) is 4.47. The summed E-state index contributed by atoms with van der Waals surface area (Å²) in [6.45, 7) is 1.73. The number of aliphatic hydroxyl groups excluding tert-OH is 2. The first-order chi connectivity index (χ1) is 8.99. The summed E-state index contributed by atoms with van der Waals surface area (Å²) in [6, 6.07) is 0. The summed E-state index contributed by atoms with van der Waals surface area (Å²) < 4.78 is 0. The van der Waals surface area contributed by atoms with E-state index in [1.54, 1.807) is 0 Å². The number of aliphatic hydroxyl groups is 2. The fourth-order valence-corrected chi connectivity index (χ4v) is 0.997. The normalized spacial score (nSPS) is 14.0. The number of nitrogens with one attached hydrogen (secondary N) is 4. The number of amides is 2. The van der Waals surface area contributed by atoms with Gasteiger partial charge in [0.25, 0.3) is 11.8 Å². The third kappa shape index (κ3) is 5.20. The SMILES string of the molecule is CC(C)(NC(=O)[C@H](O)[C@@H](O)C(=O)NCC(=N)[O-])C(=N)[O-]. The zero-order valence-electron chi connectivity index (χ0n) is 10.9. The average molecular weight is 288 g/mol. The van der Waals surface area contributed by atoms with Gasteiger partial charge >= 0.3 is 0 Å². The van der Waals surface area contributed by atoms with Crippen LogP contribution in [0.2, 0.25) is 0 Å². The summed E-state index contributed by atoms with van der Waals surface area (Å²) in [5.41, 5.74) is -1.59. The Morgan fingerprint density at radius 2 is 1.60 bits per heavy atom. The molecule has 0 saturated carbocycles. The second-order valence-electron chi connectivity index (χ2n) is 4.47. The predicted molar refractivity (Wildman–Crippen MR) is 62.7 cm³/mol. The lowest BCUT2D eigenvalue weighted by Gasteiger charge is -2.32. The Balaban J connectivity index is 4.61. The van der Waals surface area contributed by atoms with Gasteiger partial charge in [0.1, 0.15) is 0 Å². The molecule has 0 spiro atoms. The van der Waals surface area contributed by atoms with Crippen LogP contribution in [0.25, 0.3) is 0 Å². The van der Waals surface area contributed by atoms with Gasteiger partial charge in [-0.3, -0.25) is 9.59 Å². The van der Waals surface area contributed by atoms with Crippen molar-refractivity contribution in [2.45, 2.75) is 31.6 Å². The highest BCUT2D eigenvalue weighted by Gasteiger charge is 2.32. The molecule has 0 unspecified atom stereocenters. The van der Waals surface area contributed by atoms with Crippen LogP contribution in [0.1, 0.15) is 13.8 Å². The molecule has 2 amide bonds. The molecule has 10 nitrogen and oxygen atoms in total. The molecule has 0 heterocycles. The predicted octanol–water partition coefficient (Wildman–Crippen LogP) is -4.61. The van der Waals surface area contributed by atoms with Crippen LogP contribution < -0.4 is 20.8 Å². The summed E-state index contributed by atoms with van der Waals surface area (Å²) in [4.78, 5) is 22.8. The van der Waals surface area contributed by atoms with Crippen LogP contribution in [0.5, 0.6) is 0 Å². The Morgan fingerprint density at radius 3 is 2.00 bits per heavy atom. The summed E-state index contributed by atoms with van der Waals surface area (Å²) in [5, 5.41) is 57.2. The minimum absolute atomic E-state index is 0.680. The quantitative estimate of drug-likeness (QED) is 0.201. The molecule has 20 heavy (non-hydrogen) atoms. The van der Waals surface area contributed by atoms with E-state index in [1.165, 1.54) is 13.8 Å². The highest BCUT2D eigenvalue weighted by molar-refractivity contribution is 5.94. The Bertz CT molecular complexity index is 422. The fraction of sp³-hybridized carbons (Fsp3) is 0.600. The zero-order chi connectivity index (χ0) is 16.1. The van der Waals surface area contributed by atoms with Crippen LogP contribution in [0, 0.1) is 10.8 Å². The van der Waals surface area contributed by atoms with Crippen molar-refractivity contribution in [1.29, 1.82) is 10.8 Å². The van der Waals surface area contributed by atoms with Crippen molar-refractivity contribution in [2.75, 3.05) is 6.54 Å². The maximum Gasteiger partial charge on any atom is 0.252 e. The molecule has 0 aromatic heterocycles. The zero-order valence-corrected chi connectivity index (χ0v) is 10.9. The molecule has 0 aromatic rings. The van der Waals surface area contributed by atoms with Gasteiger partial charge in [-0.1, -0.05) is 0 Å². The summed E-state index contributed by atoms with van der Waals surface area (Å²) in [5.74, 6) is -4.69. The van der Waals surface area contributed by atoms with E-state index in [2.05, 4.69) is 0 Å². The molecule has 0 aromatic carbocycles. The lowest BCUT2D eigenvalue weighted by molar-refractivity contribution is -0.227. The highest BCUT2D eigenvalue weighted by Crippen LogP contribution is 2.03. The number of hydrogen-bond donors (Lipinski definition) is 6. The van der Waals surface area contributed by atoms with Crippen LogP contribution in [-0.2, 0) is 9.59 Å². The molecule has 0 rings (SSSR count). The topological polar surface area (TPSA) is 192 Å². The van der Waals surface area contributed by atoms with Gasteiger partial charge in [0.05, 0.1) is 5.54 Å². The van der Waals surface area contributed by atoms with E-state index in [9.17, 15) is 30.0 Å². The van der Waals surface area contributed by atoms with Gasteiger partial charge in [0, 0.05) is 6.54 Å². The van der Waals surface area contributed by atoms with Crippen molar-refractivity contribution in [3.63, 3.8) is 0 Å². The Labute approximate surface area is 114 Å². The van der Waals surface area contributed by atoms with Gasteiger partial charge in [-0.05, 0) is 25.6 Å². The van der Waals surface area contributed by atoms with Crippen molar-refractivity contribution in [3.05, 3.63) is 0 Å². The molecule has 0 bridgehead atoms. The van der Waals surface area contributed by atoms with Crippen LogP contribution >= 0.6 is 0 Å². The molecule has 2 atom stereocenters. The second kappa shape index (κ2) is 6.82. The highest BCUT2D eigenvalue weighted by atomic mass is 16.3. The maximum absolute atomic E-state index is 11.5. The van der Waals surface area contributed by atoms with Crippen molar-refractivity contribution in [3.8, 4) is 0 Å². The molecule has 10 heteroatoms. The van der Waals surface area contributed by atoms with Crippen LogP contribution in [0.4, 0.5) is 0 Å². The first kappa shape index (κ1) is 17.8. The van der Waals surface area contributed by atoms with Crippen molar-refractivity contribution in [2.24, 2.45) is 0 Å². The third-order valence-corrected chi connectivity index (χ3v) is 2.26. The van der Waals surface area contributed by atoms with E-state index in [0.717, 1.165) is 0 Å². The first-order valence-corrected chi connectivity index (χ1v) is 5.45. The lowest BCUT2D eigenvalue weighted by Crippen LogP contribution is -2.59. The molecule has 0 radical (unpaired) electrons. The molecular formula is C10H16N4O6-2. The molecule has 6 N–H and O–H groups in total. The molecule has 114 valence electrons. The van der Waals surface area contributed by atoms with Crippen LogP contribution in [0.3, 0.4) is 0 Å². The van der Waals surface area contributed by atoms with Gasteiger partial charge in [0.15, 0.2) is 12.2 Å². The summed E-state index contributed by atoms with van der Waals surface area (Å²) >= 11 is 0. The van der Waals surface area contributed by atoms with Crippen LogP contribution in [-0.4, -0.2) is 58.1 Å². The molecule has 0 aliphatic rings. The number of hydrogen-bond acceptors (Lipinski definition) is 8. The number of rotatable bonds is 7. The first-order valence-electron chi connectivity index (χ1n) is 5.45. The van der Waals surface area contributed by atoms with Gasteiger partial charge < -0.3 is 41.9 Å². The maximum atomic E-state index is 11.5. The molecule has 0 fully saturated rings. The standard InChI is InChI=1S/C10H18N4O6/c1-10(2,9(12)20)14-8(19)6(17)5(16)7(18)13-3-4(11)15/h5-6,16-17H,3H2,1-2H3,(H2,11,15)(H2,12,20)(H,13,18)(H,14,19)/p-2/t5-,6-/m1/s1. The number of carbonyl (C=O) groups excluding carboxylic acids is 2. The molecule has 0 aliphatic heterocycles. The van der Waals surface area contributed by atoms with E-state index in [1.807, 2.05) is 10.6 Å². The molecule has 0 saturated heterocycles. The van der Waals surface area contributed by atoms with Gasteiger partial charge in [0.2, 0.25) is 0 Å². The third-order valence-electron chi connectivity index (χ3n) is 2.26. The van der Waals surface area contributed by atoms with E-state index in [4.69, 9.17) is 10.8 Å². The lowest BCUT2D eigenvalue weighted by atomic mass is 10.0. The Kier molecular flexibility index (Phi) is 6.07. The minimum Gasteiger partial charge on any atom is -0.861 e. The van der Waals surface area contributed by atoms with E-state index in [0.29, 0.717) is 0 Å². The Morgan fingerprint density at radius 1 is 1.15 bits per heavy atom. The smallest absolute Gasteiger partial charge is 0.252 e. The fourth-order valence-electron chi connectivity index (χ4n) is 0.997. The van der Waals surface area contributed by atoms with E-state index in [-0.39, 0.29) is 0 Å². The largest absolute Gasteiger partial charge is 0.861 e. The number of carbonyl (C=O) groups is 2. The Hall–Kier alpha value is -2.20. The summed E-state index contributed by atoms with van der Waals surface area (Å²) in [6.07, 6.45) is -4.36. The average Bonchev–Trinajstić information content (AvgIpc) is 2.33. The minimum atomic E-state index is -2.19. The van der Waals surface area contributed by atoms with E-state index >= 15 is 0 Å². The van der Waals surface area contributed by atoms with Gasteiger partial charge in [-0.2, -0.15) is 0 Å². The monoisotopic (exact) mass is 288 g/mol. The summed E-state index contributed by atoms with van der Waals surface area (Å²) in [7, 11) is 0. The van der Waals surface area contributed by atoms with Crippen molar-refractivity contribution in [1.82, 2.24) is 10.6 Å².